The van der Waals surface area contributed by atoms with E-state index in [1.807, 2.05) is 48.5 Å². The van der Waals surface area contributed by atoms with Crippen molar-refractivity contribution in [2.24, 2.45) is 0 Å². The zero-order chi connectivity index (χ0) is 33.8. The van der Waals surface area contributed by atoms with Crippen molar-refractivity contribution < 1.29 is 27.8 Å². The van der Waals surface area contributed by atoms with E-state index in [-0.39, 0.29) is 22.6 Å². The lowest BCUT2D eigenvalue weighted by Crippen LogP contribution is -2.06. The number of H-pyrrole nitrogens is 2. The van der Waals surface area contributed by atoms with Gasteiger partial charge in [0.2, 0.25) is 11.8 Å². The summed E-state index contributed by atoms with van der Waals surface area (Å²) >= 11 is 0. The minimum atomic E-state index is -0.576. The number of nitrogens with one attached hydrogen (secondary N) is 2. The Morgan fingerprint density at radius 2 is 0.939 bits per heavy atom. The average Bonchev–Trinajstić information content (AvgIpc) is 3.69. The van der Waals surface area contributed by atoms with Crippen LogP contribution in [0, 0.1) is 0 Å². The van der Waals surface area contributed by atoms with Gasteiger partial charge in [-0.1, -0.05) is 36.4 Å². The Morgan fingerprint density at radius 1 is 0.551 bits per heavy atom. The van der Waals surface area contributed by atoms with Crippen LogP contribution in [-0.2, 0) is 6.42 Å². The fourth-order valence-electron chi connectivity index (χ4n) is 6.32. The Kier molecular flexibility index (Phi) is 7.06. The Bertz CT molecular complexity index is 2520. The van der Waals surface area contributed by atoms with Gasteiger partial charge >= 0.3 is 11.3 Å². The summed E-state index contributed by atoms with van der Waals surface area (Å²) in [5, 5.41) is 2.31. The average molecular weight is 657 g/mol. The van der Waals surface area contributed by atoms with E-state index in [1.165, 1.54) is 28.4 Å². The molecule has 0 saturated carbocycles. The second-order valence-electron chi connectivity index (χ2n) is 11.3. The Morgan fingerprint density at radius 3 is 1.35 bits per heavy atom. The smallest absolute Gasteiger partial charge is 0.347 e. The maximum atomic E-state index is 13.3. The van der Waals surface area contributed by atoms with Crippen molar-refractivity contribution in [3.63, 3.8) is 0 Å². The van der Waals surface area contributed by atoms with Crippen molar-refractivity contribution in [1.82, 2.24) is 19.9 Å². The van der Waals surface area contributed by atoms with Crippen molar-refractivity contribution in [2.45, 2.75) is 6.42 Å². The van der Waals surface area contributed by atoms with E-state index >= 15 is 0 Å². The maximum Gasteiger partial charge on any atom is 0.347 e. The van der Waals surface area contributed by atoms with E-state index in [1.54, 1.807) is 24.3 Å². The lowest BCUT2D eigenvalue weighted by atomic mass is 9.98. The molecule has 0 unspecified atom stereocenters. The number of aromatic amines is 2. The first kappa shape index (κ1) is 29.8. The van der Waals surface area contributed by atoms with Gasteiger partial charge in [0.05, 0.1) is 50.2 Å². The van der Waals surface area contributed by atoms with Gasteiger partial charge in [-0.25, -0.2) is 19.6 Å². The van der Waals surface area contributed by atoms with Gasteiger partial charge in [-0.3, -0.25) is 0 Å². The molecule has 49 heavy (non-hydrogen) atoms. The summed E-state index contributed by atoms with van der Waals surface area (Å²) in [5.74, 6) is 1.85. The number of aromatic nitrogens is 4. The highest BCUT2D eigenvalue weighted by molar-refractivity contribution is 5.95. The summed E-state index contributed by atoms with van der Waals surface area (Å²) in [6.07, 6.45) is 0.323. The fourth-order valence-corrected chi connectivity index (χ4v) is 6.32. The summed E-state index contributed by atoms with van der Waals surface area (Å²) in [4.78, 5) is 43.0. The van der Waals surface area contributed by atoms with E-state index in [2.05, 4.69) is 9.97 Å². The van der Waals surface area contributed by atoms with Crippen LogP contribution >= 0.6 is 0 Å². The SMILES string of the molecule is COc1cc2nc(-c3[nH]c4ccccc4c3Cc3c(-c4nc5cc(OC)c(OC)cc5c(=O)o4)[nH]c4ccccc34)oc(=O)c2cc1OC. The molecule has 0 amide bonds. The molecule has 4 aromatic carbocycles. The van der Waals surface area contributed by atoms with Crippen LogP contribution in [0.25, 0.3) is 66.8 Å². The Balaban J connectivity index is 1.34. The third-order valence-electron chi connectivity index (χ3n) is 8.67. The molecular formula is C37H28N4O8. The number of rotatable bonds is 8. The summed E-state index contributed by atoms with van der Waals surface area (Å²) < 4.78 is 33.4. The number of benzene rings is 4. The molecule has 2 N–H and O–H groups in total. The Labute approximate surface area is 276 Å². The van der Waals surface area contributed by atoms with Crippen LogP contribution in [0.2, 0.25) is 0 Å². The highest BCUT2D eigenvalue weighted by Crippen LogP contribution is 2.38. The molecule has 0 aliphatic carbocycles. The van der Waals surface area contributed by atoms with Gasteiger partial charge in [0.1, 0.15) is 11.4 Å². The van der Waals surface area contributed by atoms with E-state index in [0.717, 1.165) is 32.9 Å². The lowest BCUT2D eigenvalue weighted by molar-refractivity contribution is 0.355. The lowest BCUT2D eigenvalue weighted by Gasteiger charge is -2.10. The zero-order valence-corrected chi connectivity index (χ0v) is 26.8. The molecule has 244 valence electrons. The van der Waals surface area contributed by atoms with Gasteiger partial charge in [-0.15, -0.1) is 0 Å². The van der Waals surface area contributed by atoms with Crippen molar-refractivity contribution in [1.29, 1.82) is 0 Å². The minimum Gasteiger partial charge on any atom is -0.493 e. The van der Waals surface area contributed by atoms with Gasteiger partial charge in [-0.2, -0.15) is 0 Å². The maximum absolute atomic E-state index is 13.3. The number of methoxy groups -OCH3 is 4. The van der Waals surface area contributed by atoms with Crippen LogP contribution in [-0.4, -0.2) is 48.4 Å². The summed E-state index contributed by atoms with van der Waals surface area (Å²) in [7, 11) is 6.03. The molecule has 12 heteroatoms. The molecule has 0 atom stereocenters. The number of ether oxygens (including phenoxy) is 4. The molecular weight excluding hydrogens is 628 g/mol. The van der Waals surface area contributed by atoms with E-state index in [9.17, 15) is 9.59 Å². The second-order valence-corrected chi connectivity index (χ2v) is 11.3. The first-order chi connectivity index (χ1) is 23.9. The number of para-hydroxylation sites is 2. The predicted molar refractivity (Wildman–Crippen MR) is 184 cm³/mol. The van der Waals surface area contributed by atoms with Gasteiger partial charge in [0, 0.05) is 52.5 Å². The van der Waals surface area contributed by atoms with Crippen LogP contribution in [0.15, 0.2) is 91.2 Å². The summed E-state index contributed by atoms with van der Waals surface area (Å²) in [5.41, 5.74) is 3.93. The standard InChI is InChI=1S/C37H28N4O8/c1-44-28-14-22-26(16-30(28)46-3)40-34(48-36(22)42)32-20(18-9-5-7-11-24(18)38-32)13-21-19-10-6-8-12-25(19)39-33(21)35-41-27-17-31(47-4)29(45-2)15-23(27)37(43)49-35/h5-12,14-17,38-39H,13H2,1-4H3. The molecule has 12 nitrogen and oxygen atoms in total. The number of fused-ring (bicyclic) bond motifs is 4. The molecule has 0 aliphatic heterocycles. The van der Waals surface area contributed by atoms with Crippen LogP contribution in [0.5, 0.6) is 23.0 Å². The van der Waals surface area contributed by atoms with Crippen LogP contribution in [0.1, 0.15) is 11.1 Å². The second kappa shape index (κ2) is 11.6. The first-order valence-corrected chi connectivity index (χ1v) is 15.2. The minimum absolute atomic E-state index is 0.105. The molecule has 0 saturated heterocycles. The molecule has 0 aliphatic rings. The molecule has 0 bridgehead atoms. The van der Waals surface area contributed by atoms with E-state index in [4.69, 9.17) is 37.7 Å². The van der Waals surface area contributed by atoms with Crippen molar-refractivity contribution in [3.05, 3.63) is 105 Å². The molecule has 4 aromatic heterocycles. The van der Waals surface area contributed by atoms with Gasteiger partial charge in [0.25, 0.3) is 0 Å². The molecule has 0 fully saturated rings. The Hall–Kier alpha value is -6.56. The monoisotopic (exact) mass is 656 g/mol. The number of nitrogens with zero attached hydrogens (tertiary/aromatic N) is 2. The third-order valence-corrected chi connectivity index (χ3v) is 8.67. The fraction of sp³-hybridized carbons (Fsp3) is 0.135. The molecule has 0 radical (unpaired) electrons. The topological polar surface area (TPSA) is 155 Å². The van der Waals surface area contributed by atoms with Crippen molar-refractivity contribution >= 4 is 43.6 Å². The van der Waals surface area contributed by atoms with Gasteiger partial charge in [-0.05, 0) is 23.3 Å². The normalized spacial score (nSPS) is 11.5. The summed E-state index contributed by atoms with van der Waals surface area (Å²) in [6.45, 7) is 0. The molecule has 8 aromatic rings. The van der Waals surface area contributed by atoms with E-state index < -0.39 is 11.3 Å². The van der Waals surface area contributed by atoms with Crippen LogP contribution < -0.4 is 30.2 Å². The van der Waals surface area contributed by atoms with Crippen LogP contribution in [0.4, 0.5) is 0 Å². The first-order valence-electron chi connectivity index (χ1n) is 15.2. The molecule has 4 heterocycles. The number of hydrogen-bond acceptors (Lipinski definition) is 10. The van der Waals surface area contributed by atoms with E-state index in [0.29, 0.717) is 51.8 Å². The quantitative estimate of drug-likeness (QED) is 0.183. The summed E-state index contributed by atoms with van der Waals surface area (Å²) in [6, 6.07) is 22.0. The molecule has 8 rings (SSSR count). The highest BCUT2D eigenvalue weighted by atomic mass is 16.5. The van der Waals surface area contributed by atoms with Crippen molar-refractivity contribution in [2.75, 3.05) is 28.4 Å². The molecule has 0 spiro atoms. The highest BCUT2D eigenvalue weighted by Gasteiger charge is 2.24. The van der Waals surface area contributed by atoms with Crippen molar-refractivity contribution in [3.8, 4) is 46.2 Å². The van der Waals surface area contributed by atoms with Crippen LogP contribution in [0.3, 0.4) is 0 Å². The van der Waals surface area contributed by atoms with Gasteiger partial charge < -0.3 is 37.7 Å². The third kappa shape index (κ3) is 4.84. The number of hydrogen-bond donors (Lipinski definition) is 2. The predicted octanol–water partition coefficient (Wildman–Crippen LogP) is 6.61. The zero-order valence-electron chi connectivity index (χ0n) is 26.8. The van der Waals surface area contributed by atoms with Gasteiger partial charge in [0.15, 0.2) is 23.0 Å². The largest absolute Gasteiger partial charge is 0.493 e.